The summed E-state index contributed by atoms with van der Waals surface area (Å²) in [5.41, 5.74) is 0. The number of carbonyl (C=O) groups is 1. The second kappa shape index (κ2) is 2.64. The first-order valence-corrected chi connectivity index (χ1v) is 4.25. The number of esters is 1. The highest BCUT2D eigenvalue weighted by molar-refractivity contribution is 5.72. The van der Waals surface area contributed by atoms with Gasteiger partial charge in [-0.3, -0.25) is 4.79 Å². The van der Waals surface area contributed by atoms with Gasteiger partial charge >= 0.3 is 5.97 Å². The SMILES string of the molecule is CN1CC2CC(=O)OC2C(F)(F)C1. The smallest absolute Gasteiger partial charge is 0.306 e. The van der Waals surface area contributed by atoms with Gasteiger partial charge in [0.1, 0.15) is 0 Å². The van der Waals surface area contributed by atoms with Crippen LogP contribution in [0.25, 0.3) is 0 Å². The Labute approximate surface area is 74.6 Å². The molecular formula is C8H11F2NO2. The molecule has 0 aliphatic carbocycles. The van der Waals surface area contributed by atoms with Crippen molar-refractivity contribution >= 4 is 5.97 Å². The molecule has 2 unspecified atom stereocenters. The summed E-state index contributed by atoms with van der Waals surface area (Å²) in [7, 11) is 1.63. The Kier molecular flexibility index (Phi) is 1.80. The van der Waals surface area contributed by atoms with E-state index in [-0.39, 0.29) is 18.9 Å². The van der Waals surface area contributed by atoms with Crippen LogP contribution in [0, 0.1) is 5.92 Å². The molecule has 0 aromatic carbocycles. The molecule has 2 fully saturated rings. The fourth-order valence-corrected chi connectivity index (χ4v) is 2.11. The maximum Gasteiger partial charge on any atom is 0.306 e. The van der Waals surface area contributed by atoms with Crippen molar-refractivity contribution in [3.63, 3.8) is 0 Å². The summed E-state index contributed by atoms with van der Waals surface area (Å²) < 4.78 is 31.1. The lowest BCUT2D eigenvalue weighted by Gasteiger charge is -2.36. The Morgan fingerprint density at radius 3 is 3.00 bits per heavy atom. The standard InChI is InChI=1S/C8H11F2NO2/c1-11-3-5-2-6(12)13-7(5)8(9,10)4-11/h5,7H,2-4H2,1H3. The molecule has 0 amide bonds. The van der Waals surface area contributed by atoms with E-state index in [9.17, 15) is 13.6 Å². The maximum atomic E-state index is 13.3. The molecule has 5 heteroatoms. The number of halogens is 2. The molecule has 0 saturated carbocycles. The van der Waals surface area contributed by atoms with Crippen LogP contribution in [0.15, 0.2) is 0 Å². The highest BCUT2D eigenvalue weighted by Crippen LogP contribution is 2.38. The van der Waals surface area contributed by atoms with Crippen molar-refractivity contribution in [2.24, 2.45) is 5.92 Å². The third kappa shape index (κ3) is 1.41. The molecule has 3 nitrogen and oxygen atoms in total. The van der Waals surface area contributed by atoms with Gasteiger partial charge in [-0.2, -0.15) is 0 Å². The van der Waals surface area contributed by atoms with Crippen LogP contribution in [0.1, 0.15) is 6.42 Å². The lowest BCUT2D eigenvalue weighted by molar-refractivity contribution is -0.177. The summed E-state index contributed by atoms with van der Waals surface area (Å²) in [6, 6.07) is 0. The number of hydrogen-bond acceptors (Lipinski definition) is 3. The van der Waals surface area contributed by atoms with Gasteiger partial charge < -0.3 is 9.64 Å². The molecule has 2 rings (SSSR count). The molecule has 0 N–H and O–H groups in total. The lowest BCUT2D eigenvalue weighted by Crippen LogP contribution is -2.54. The van der Waals surface area contributed by atoms with E-state index in [1.54, 1.807) is 11.9 Å². The van der Waals surface area contributed by atoms with Gasteiger partial charge in [0.25, 0.3) is 5.92 Å². The van der Waals surface area contributed by atoms with Crippen molar-refractivity contribution in [3.8, 4) is 0 Å². The van der Waals surface area contributed by atoms with Crippen LogP contribution in [0.3, 0.4) is 0 Å². The Hall–Kier alpha value is -0.710. The largest absolute Gasteiger partial charge is 0.456 e. The average molecular weight is 191 g/mol. The normalized spacial score (nSPS) is 38.5. The van der Waals surface area contributed by atoms with E-state index in [1.807, 2.05) is 0 Å². The van der Waals surface area contributed by atoms with Crippen molar-refractivity contribution in [1.29, 1.82) is 0 Å². The van der Waals surface area contributed by atoms with E-state index in [0.717, 1.165) is 0 Å². The molecule has 0 spiro atoms. The molecule has 0 aromatic rings. The fraction of sp³-hybridized carbons (Fsp3) is 0.875. The second-order valence-corrected chi connectivity index (χ2v) is 3.83. The van der Waals surface area contributed by atoms with Crippen molar-refractivity contribution in [2.75, 3.05) is 20.1 Å². The zero-order valence-electron chi connectivity index (χ0n) is 7.30. The fourth-order valence-electron chi connectivity index (χ4n) is 2.11. The molecule has 2 atom stereocenters. The monoisotopic (exact) mass is 191 g/mol. The van der Waals surface area contributed by atoms with Gasteiger partial charge in [-0.1, -0.05) is 0 Å². The number of likely N-dealkylation sites (tertiary alicyclic amines) is 1. The maximum absolute atomic E-state index is 13.3. The molecule has 2 aliphatic heterocycles. The number of carbonyl (C=O) groups excluding carboxylic acids is 1. The summed E-state index contributed by atoms with van der Waals surface area (Å²) in [5, 5.41) is 0. The van der Waals surface area contributed by atoms with Gasteiger partial charge in [-0.05, 0) is 7.05 Å². The van der Waals surface area contributed by atoms with Crippen LogP contribution in [0.2, 0.25) is 0 Å². The third-order valence-electron chi connectivity index (χ3n) is 2.56. The van der Waals surface area contributed by atoms with Gasteiger partial charge in [0.15, 0.2) is 6.10 Å². The van der Waals surface area contributed by atoms with E-state index < -0.39 is 18.0 Å². The second-order valence-electron chi connectivity index (χ2n) is 3.83. The van der Waals surface area contributed by atoms with Crippen molar-refractivity contribution in [2.45, 2.75) is 18.4 Å². The minimum atomic E-state index is -2.89. The number of nitrogens with zero attached hydrogens (tertiary/aromatic N) is 1. The van der Waals surface area contributed by atoms with Gasteiger partial charge in [-0.15, -0.1) is 0 Å². The van der Waals surface area contributed by atoms with E-state index in [1.165, 1.54) is 0 Å². The van der Waals surface area contributed by atoms with Crippen molar-refractivity contribution in [3.05, 3.63) is 0 Å². The number of alkyl halides is 2. The van der Waals surface area contributed by atoms with Gasteiger partial charge in [0.05, 0.1) is 13.0 Å². The van der Waals surface area contributed by atoms with Crippen LogP contribution in [-0.2, 0) is 9.53 Å². The van der Waals surface area contributed by atoms with E-state index >= 15 is 0 Å². The lowest BCUT2D eigenvalue weighted by atomic mass is 9.92. The van der Waals surface area contributed by atoms with Gasteiger partial charge in [0.2, 0.25) is 0 Å². The predicted octanol–water partition coefficient (Wildman–Crippen LogP) is 0.499. The highest BCUT2D eigenvalue weighted by atomic mass is 19.3. The minimum absolute atomic E-state index is 0.130. The molecular weight excluding hydrogens is 180 g/mol. The minimum Gasteiger partial charge on any atom is -0.456 e. The predicted molar refractivity (Wildman–Crippen MR) is 40.4 cm³/mol. The molecule has 13 heavy (non-hydrogen) atoms. The highest BCUT2D eigenvalue weighted by Gasteiger charge is 2.55. The van der Waals surface area contributed by atoms with Crippen LogP contribution in [0.4, 0.5) is 8.78 Å². The zero-order valence-corrected chi connectivity index (χ0v) is 7.30. The zero-order chi connectivity index (χ0) is 9.64. The van der Waals surface area contributed by atoms with Crippen molar-refractivity contribution in [1.82, 2.24) is 4.90 Å². The molecule has 0 radical (unpaired) electrons. The Morgan fingerprint density at radius 2 is 2.31 bits per heavy atom. The summed E-state index contributed by atoms with van der Waals surface area (Å²) in [6.45, 7) is 0.202. The number of hydrogen-bond donors (Lipinski definition) is 0. The molecule has 0 aromatic heterocycles. The number of piperidine rings is 1. The van der Waals surface area contributed by atoms with Crippen LogP contribution < -0.4 is 0 Å². The average Bonchev–Trinajstić information content (AvgIpc) is 2.28. The summed E-state index contributed by atoms with van der Waals surface area (Å²) in [5.74, 6) is -3.71. The summed E-state index contributed by atoms with van der Waals surface area (Å²) in [4.78, 5) is 12.4. The quantitative estimate of drug-likeness (QED) is 0.522. The topological polar surface area (TPSA) is 29.5 Å². The van der Waals surface area contributed by atoms with Crippen molar-refractivity contribution < 1.29 is 18.3 Å². The first kappa shape index (κ1) is 8.87. The third-order valence-corrected chi connectivity index (χ3v) is 2.56. The summed E-state index contributed by atoms with van der Waals surface area (Å²) in [6.07, 6.45) is -1.05. The van der Waals surface area contributed by atoms with Crippen LogP contribution >= 0.6 is 0 Å². The molecule has 74 valence electrons. The van der Waals surface area contributed by atoms with E-state index in [0.29, 0.717) is 6.54 Å². The van der Waals surface area contributed by atoms with Gasteiger partial charge in [0, 0.05) is 12.5 Å². The van der Waals surface area contributed by atoms with Crippen LogP contribution in [0.5, 0.6) is 0 Å². The number of fused-ring (bicyclic) bond motifs is 1. The first-order valence-electron chi connectivity index (χ1n) is 4.25. The summed E-state index contributed by atoms with van der Waals surface area (Å²) >= 11 is 0. The molecule has 2 aliphatic rings. The molecule has 2 heterocycles. The Balaban J connectivity index is 2.20. The number of rotatable bonds is 0. The van der Waals surface area contributed by atoms with E-state index in [2.05, 4.69) is 4.74 Å². The number of ether oxygens (including phenoxy) is 1. The first-order chi connectivity index (χ1) is 5.99. The van der Waals surface area contributed by atoms with Gasteiger partial charge in [-0.25, -0.2) is 8.78 Å². The Bertz CT molecular complexity index is 244. The molecule has 0 bridgehead atoms. The Morgan fingerprint density at radius 1 is 1.62 bits per heavy atom. The molecule has 2 saturated heterocycles. The van der Waals surface area contributed by atoms with E-state index in [4.69, 9.17) is 0 Å². The van der Waals surface area contributed by atoms with Crippen LogP contribution in [-0.4, -0.2) is 43.0 Å².